The Bertz CT molecular complexity index is 704. The van der Waals surface area contributed by atoms with Gasteiger partial charge in [0, 0.05) is 26.1 Å². The molecule has 1 atom stereocenters. The first-order valence-electron chi connectivity index (χ1n) is 7.91. The van der Waals surface area contributed by atoms with Crippen molar-refractivity contribution in [1.29, 1.82) is 0 Å². The molecule has 0 saturated carbocycles. The third kappa shape index (κ3) is 4.96. The van der Waals surface area contributed by atoms with E-state index in [2.05, 4.69) is 10.6 Å². The van der Waals surface area contributed by atoms with Crippen LogP contribution in [0.15, 0.2) is 18.2 Å². The minimum absolute atomic E-state index is 0.0493. The Labute approximate surface area is 150 Å². The zero-order chi connectivity index (χ0) is 19.7. The van der Waals surface area contributed by atoms with Gasteiger partial charge in [-0.1, -0.05) is 12.1 Å². The number of nitrogens with one attached hydrogen (secondary N) is 2. The van der Waals surface area contributed by atoms with Crippen molar-refractivity contribution >= 4 is 36.0 Å². The Morgan fingerprint density at radius 2 is 1.96 bits per heavy atom. The van der Waals surface area contributed by atoms with E-state index in [0.717, 1.165) is 4.90 Å². The molecule has 1 unspecified atom stereocenters. The highest BCUT2D eigenvalue weighted by molar-refractivity contribution is 6.09. The maximum atomic E-state index is 13.0. The van der Waals surface area contributed by atoms with Crippen LogP contribution in [-0.4, -0.2) is 61.9 Å². The second kappa shape index (κ2) is 10.0. The topological polar surface area (TPSA) is 139 Å². The molecule has 0 radical (unpaired) electrons. The number of aldehydes is 2. The molecule has 0 spiro atoms. The van der Waals surface area contributed by atoms with Crippen molar-refractivity contribution in [3.05, 3.63) is 29.3 Å². The summed E-state index contributed by atoms with van der Waals surface area (Å²) in [6.07, 6.45) is 1.35. The van der Waals surface area contributed by atoms with Crippen LogP contribution in [0.1, 0.15) is 33.6 Å². The van der Waals surface area contributed by atoms with Crippen molar-refractivity contribution in [1.82, 2.24) is 10.2 Å². The van der Waals surface area contributed by atoms with E-state index in [1.165, 1.54) is 32.3 Å². The minimum atomic E-state index is -0.907. The lowest BCUT2D eigenvalue weighted by molar-refractivity contribution is -0.125. The number of hydrogen-bond acceptors (Lipinski definition) is 6. The zero-order valence-electron chi connectivity index (χ0n) is 14.7. The normalized spacial score (nSPS) is 11.2. The molecule has 0 aliphatic rings. The molecule has 9 nitrogen and oxygen atoms in total. The largest absolute Gasteiger partial charge is 0.357 e. The van der Waals surface area contributed by atoms with E-state index >= 15 is 0 Å². The number of benzene rings is 1. The van der Waals surface area contributed by atoms with Crippen LogP contribution in [0.25, 0.3) is 0 Å². The fourth-order valence-electron chi connectivity index (χ4n) is 2.42. The molecule has 0 aromatic heterocycles. The number of amides is 3. The van der Waals surface area contributed by atoms with Crippen LogP contribution in [0.2, 0.25) is 0 Å². The summed E-state index contributed by atoms with van der Waals surface area (Å²) < 4.78 is 0. The highest BCUT2D eigenvalue weighted by atomic mass is 16.2. The Morgan fingerprint density at radius 1 is 1.27 bits per heavy atom. The molecule has 0 aliphatic carbocycles. The average molecular weight is 362 g/mol. The first-order chi connectivity index (χ1) is 12.4. The van der Waals surface area contributed by atoms with E-state index in [1.54, 1.807) is 0 Å². The van der Waals surface area contributed by atoms with Gasteiger partial charge in [0.2, 0.25) is 11.8 Å². The van der Waals surface area contributed by atoms with Crippen molar-refractivity contribution in [3.8, 4) is 0 Å². The van der Waals surface area contributed by atoms with Crippen LogP contribution < -0.4 is 16.4 Å². The van der Waals surface area contributed by atoms with E-state index in [0.29, 0.717) is 12.6 Å². The maximum absolute atomic E-state index is 13.0. The first-order valence-corrected chi connectivity index (χ1v) is 7.91. The number of hydrogen-bond donors (Lipinski definition) is 3. The second-order valence-corrected chi connectivity index (χ2v) is 5.43. The second-order valence-electron chi connectivity index (χ2n) is 5.43. The number of rotatable bonds is 9. The van der Waals surface area contributed by atoms with E-state index in [4.69, 9.17) is 5.73 Å². The molecular formula is C17H22N4O5. The Hall–Kier alpha value is -3.07. The Balaban J connectivity index is 3.31. The first kappa shape index (κ1) is 21.0. The van der Waals surface area contributed by atoms with Crippen LogP contribution in [0.5, 0.6) is 0 Å². The lowest BCUT2D eigenvalue weighted by Gasteiger charge is -2.27. The van der Waals surface area contributed by atoms with Gasteiger partial charge in [0.15, 0.2) is 6.29 Å². The molecule has 0 saturated heterocycles. The predicted octanol–water partition coefficient (Wildman–Crippen LogP) is -0.438. The summed E-state index contributed by atoms with van der Waals surface area (Å²) in [5.74, 6) is -1.62. The third-order valence-electron chi connectivity index (χ3n) is 3.79. The number of nitrogens with zero attached hydrogens (tertiary/aromatic N) is 1. The molecule has 0 heterocycles. The van der Waals surface area contributed by atoms with Crippen LogP contribution in [0.3, 0.4) is 0 Å². The third-order valence-corrected chi connectivity index (χ3v) is 3.79. The summed E-state index contributed by atoms with van der Waals surface area (Å²) in [7, 11) is 2.81. The molecule has 140 valence electrons. The van der Waals surface area contributed by atoms with Crippen LogP contribution in [0, 0.1) is 0 Å². The van der Waals surface area contributed by atoms with E-state index in [1.807, 2.05) is 0 Å². The maximum Gasteiger partial charge on any atom is 0.257 e. The number of carbonyl (C=O) groups excluding carboxylic acids is 5. The SMILES string of the molecule is CNC(=O)C(CCC=O)N(C)C(=O)c1c(C=O)cccc1NC(=O)CN. The molecule has 1 aromatic carbocycles. The van der Waals surface area contributed by atoms with Crippen molar-refractivity contribution in [2.24, 2.45) is 5.73 Å². The molecule has 3 amide bonds. The van der Waals surface area contributed by atoms with E-state index in [-0.39, 0.29) is 36.2 Å². The minimum Gasteiger partial charge on any atom is -0.357 e. The van der Waals surface area contributed by atoms with Gasteiger partial charge in [-0.25, -0.2) is 0 Å². The summed E-state index contributed by atoms with van der Waals surface area (Å²) in [5.41, 5.74) is 5.40. The quantitative estimate of drug-likeness (QED) is 0.509. The number of anilines is 1. The van der Waals surface area contributed by atoms with Gasteiger partial charge >= 0.3 is 0 Å². The Kier molecular flexibility index (Phi) is 8.10. The molecule has 4 N–H and O–H groups in total. The van der Waals surface area contributed by atoms with Gasteiger partial charge in [0.05, 0.1) is 17.8 Å². The van der Waals surface area contributed by atoms with Gasteiger partial charge in [0.1, 0.15) is 12.3 Å². The van der Waals surface area contributed by atoms with Crippen molar-refractivity contribution < 1.29 is 24.0 Å². The highest BCUT2D eigenvalue weighted by Gasteiger charge is 2.29. The molecule has 9 heteroatoms. The predicted molar refractivity (Wildman–Crippen MR) is 94.8 cm³/mol. The molecule has 1 aromatic rings. The zero-order valence-corrected chi connectivity index (χ0v) is 14.7. The molecule has 0 fully saturated rings. The lowest BCUT2D eigenvalue weighted by atomic mass is 10.0. The average Bonchev–Trinajstić information content (AvgIpc) is 2.66. The van der Waals surface area contributed by atoms with Gasteiger partial charge in [-0.15, -0.1) is 0 Å². The summed E-state index contributed by atoms with van der Waals surface area (Å²) in [5, 5.41) is 4.91. The summed E-state index contributed by atoms with van der Waals surface area (Å²) in [6, 6.07) is 3.49. The fraction of sp³-hybridized carbons (Fsp3) is 0.353. The summed E-state index contributed by atoms with van der Waals surface area (Å²) in [6.45, 7) is -0.297. The van der Waals surface area contributed by atoms with Crippen molar-refractivity contribution in [3.63, 3.8) is 0 Å². The molecule has 1 rings (SSSR count). The van der Waals surface area contributed by atoms with Gasteiger partial charge in [0.25, 0.3) is 5.91 Å². The fourth-order valence-corrected chi connectivity index (χ4v) is 2.42. The van der Waals surface area contributed by atoms with Gasteiger partial charge in [-0.3, -0.25) is 19.2 Å². The Morgan fingerprint density at radius 3 is 2.50 bits per heavy atom. The summed E-state index contributed by atoms with van der Waals surface area (Å²) >= 11 is 0. The van der Waals surface area contributed by atoms with Crippen molar-refractivity contribution in [2.75, 3.05) is 26.0 Å². The lowest BCUT2D eigenvalue weighted by Crippen LogP contribution is -2.47. The standard InChI is InChI=1S/C17H22N4O5/c1-19-16(25)13(7-4-8-22)21(2)17(26)15-11(10-23)5-3-6-12(15)20-14(24)9-18/h3,5-6,8,10,13H,4,7,9,18H2,1-2H3,(H,19,25)(H,20,24). The molecular weight excluding hydrogens is 340 g/mol. The van der Waals surface area contributed by atoms with Crippen LogP contribution in [0.4, 0.5) is 5.69 Å². The number of carbonyl (C=O) groups is 5. The van der Waals surface area contributed by atoms with Gasteiger partial charge < -0.3 is 26.1 Å². The van der Waals surface area contributed by atoms with E-state index < -0.39 is 23.8 Å². The molecule has 0 aliphatic heterocycles. The number of nitrogens with two attached hydrogens (primary N) is 1. The van der Waals surface area contributed by atoms with Crippen molar-refractivity contribution in [2.45, 2.75) is 18.9 Å². The smallest absolute Gasteiger partial charge is 0.257 e. The summed E-state index contributed by atoms with van der Waals surface area (Å²) in [4.78, 5) is 59.8. The van der Waals surface area contributed by atoms with Crippen LogP contribution in [-0.2, 0) is 14.4 Å². The van der Waals surface area contributed by atoms with E-state index in [9.17, 15) is 24.0 Å². The van der Waals surface area contributed by atoms with Gasteiger partial charge in [-0.05, 0) is 12.5 Å². The van der Waals surface area contributed by atoms with Crippen LogP contribution >= 0.6 is 0 Å². The highest BCUT2D eigenvalue weighted by Crippen LogP contribution is 2.22. The number of likely N-dealkylation sites (N-methyl/N-ethyl adjacent to an activating group) is 2. The monoisotopic (exact) mass is 362 g/mol. The molecule has 26 heavy (non-hydrogen) atoms. The molecule has 0 bridgehead atoms. The van der Waals surface area contributed by atoms with Gasteiger partial charge in [-0.2, -0.15) is 0 Å².